The molecule has 0 atom stereocenters. The Hall–Kier alpha value is -1.55. The van der Waals surface area contributed by atoms with E-state index >= 15 is 0 Å². The van der Waals surface area contributed by atoms with Gasteiger partial charge in [0.25, 0.3) is 0 Å². The molecule has 0 amide bonds. The second-order valence-corrected chi connectivity index (χ2v) is 3.10. The average Bonchev–Trinajstić information content (AvgIpc) is 2.59. The lowest BCUT2D eigenvalue weighted by Gasteiger charge is -1.99. The maximum absolute atomic E-state index is 11.2. The molecule has 0 unspecified atom stereocenters. The molecule has 2 aromatic rings. The second kappa shape index (κ2) is 3.31. The zero-order valence-electron chi connectivity index (χ0n) is 7.40. The van der Waals surface area contributed by atoms with E-state index in [1.165, 1.54) is 13.3 Å². The minimum absolute atomic E-state index is 0.383. The normalized spacial score (nSPS) is 10.4. The Morgan fingerprint density at radius 2 is 2.43 bits per heavy atom. The number of imidazole rings is 1. The smallest absolute Gasteiger partial charge is 0.338 e. The zero-order valence-corrected chi connectivity index (χ0v) is 8.15. The molecule has 4 nitrogen and oxygen atoms in total. The topological polar surface area (TPSA) is 43.6 Å². The van der Waals surface area contributed by atoms with Crippen molar-refractivity contribution in [2.75, 3.05) is 7.11 Å². The first-order valence-electron chi connectivity index (χ1n) is 3.93. The molecule has 72 valence electrons. The van der Waals surface area contributed by atoms with Crippen molar-refractivity contribution in [2.24, 2.45) is 0 Å². The molecule has 2 heterocycles. The van der Waals surface area contributed by atoms with Gasteiger partial charge < -0.3 is 4.74 Å². The molecule has 0 radical (unpaired) electrons. The minimum atomic E-state index is -0.383. The monoisotopic (exact) mass is 210 g/mol. The lowest BCUT2D eigenvalue weighted by atomic mass is 10.3. The van der Waals surface area contributed by atoms with Crippen molar-refractivity contribution in [3.63, 3.8) is 0 Å². The molecule has 0 spiro atoms. The van der Waals surface area contributed by atoms with E-state index in [1.54, 1.807) is 22.7 Å². The second-order valence-electron chi connectivity index (χ2n) is 2.72. The van der Waals surface area contributed by atoms with Gasteiger partial charge in [0.1, 0.15) is 10.8 Å². The highest BCUT2D eigenvalue weighted by atomic mass is 35.5. The number of hydrogen-bond acceptors (Lipinski definition) is 3. The molecule has 2 rings (SSSR count). The van der Waals surface area contributed by atoms with Crippen LogP contribution in [0, 0.1) is 0 Å². The van der Waals surface area contributed by atoms with E-state index in [-0.39, 0.29) is 5.97 Å². The molecule has 0 N–H and O–H groups in total. The van der Waals surface area contributed by atoms with Crippen LogP contribution in [0.4, 0.5) is 0 Å². The standard InChI is InChI=1S/C9H7ClN2O2/c1-14-9(13)6-2-3-12-7(10)5-11-8(12)4-6/h2-5H,1H3. The van der Waals surface area contributed by atoms with E-state index in [2.05, 4.69) is 9.72 Å². The van der Waals surface area contributed by atoms with Crippen molar-refractivity contribution < 1.29 is 9.53 Å². The number of hydrogen-bond donors (Lipinski definition) is 0. The maximum atomic E-state index is 11.2. The molecule has 14 heavy (non-hydrogen) atoms. The third kappa shape index (κ3) is 1.33. The first kappa shape index (κ1) is 9.02. The Kier molecular flexibility index (Phi) is 2.13. The predicted molar refractivity (Wildman–Crippen MR) is 51.5 cm³/mol. The van der Waals surface area contributed by atoms with Gasteiger partial charge in [0.2, 0.25) is 0 Å². The maximum Gasteiger partial charge on any atom is 0.338 e. The molecule has 0 bridgehead atoms. The van der Waals surface area contributed by atoms with Crippen LogP contribution in [0.25, 0.3) is 5.65 Å². The Labute approximate surface area is 85.1 Å². The zero-order chi connectivity index (χ0) is 10.1. The number of carbonyl (C=O) groups excluding carboxylic acids is 1. The van der Waals surface area contributed by atoms with Crippen molar-refractivity contribution >= 4 is 23.2 Å². The van der Waals surface area contributed by atoms with Crippen molar-refractivity contribution in [1.82, 2.24) is 9.38 Å². The molecule has 0 aliphatic carbocycles. The van der Waals surface area contributed by atoms with Gasteiger partial charge in [-0.05, 0) is 12.1 Å². The molecular weight excluding hydrogens is 204 g/mol. The van der Waals surface area contributed by atoms with E-state index < -0.39 is 0 Å². The summed E-state index contributed by atoms with van der Waals surface area (Å²) in [7, 11) is 1.34. The molecule has 0 saturated heterocycles. The number of halogens is 1. The van der Waals surface area contributed by atoms with Crippen LogP contribution in [-0.4, -0.2) is 22.5 Å². The molecule has 5 heteroatoms. The van der Waals surface area contributed by atoms with Crippen molar-refractivity contribution in [1.29, 1.82) is 0 Å². The van der Waals surface area contributed by atoms with Crippen LogP contribution in [0.3, 0.4) is 0 Å². The van der Waals surface area contributed by atoms with Crippen LogP contribution in [0.2, 0.25) is 5.15 Å². The molecule has 2 aromatic heterocycles. The van der Waals surface area contributed by atoms with Gasteiger partial charge in [0.15, 0.2) is 0 Å². The van der Waals surface area contributed by atoms with Crippen LogP contribution >= 0.6 is 11.6 Å². The molecule has 0 fully saturated rings. The number of methoxy groups -OCH3 is 1. The fourth-order valence-corrected chi connectivity index (χ4v) is 1.39. The Morgan fingerprint density at radius 3 is 3.14 bits per heavy atom. The third-order valence-electron chi connectivity index (χ3n) is 1.89. The van der Waals surface area contributed by atoms with Gasteiger partial charge in [-0.15, -0.1) is 0 Å². The summed E-state index contributed by atoms with van der Waals surface area (Å²) in [5.41, 5.74) is 1.08. The van der Waals surface area contributed by atoms with Crippen molar-refractivity contribution in [3.8, 4) is 0 Å². The van der Waals surface area contributed by atoms with Gasteiger partial charge in [-0.1, -0.05) is 11.6 Å². The van der Waals surface area contributed by atoms with Crippen molar-refractivity contribution in [3.05, 3.63) is 35.2 Å². The largest absolute Gasteiger partial charge is 0.465 e. The van der Waals surface area contributed by atoms with E-state index in [1.807, 2.05) is 0 Å². The minimum Gasteiger partial charge on any atom is -0.465 e. The molecule has 0 aliphatic heterocycles. The summed E-state index contributed by atoms with van der Waals surface area (Å²) in [6.45, 7) is 0. The predicted octanol–water partition coefficient (Wildman–Crippen LogP) is 1.77. The van der Waals surface area contributed by atoms with Crippen LogP contribution in [0.15, 0.2) is 24.5 Å². The summed E-state index contributed by atoms with van der Waals surface area (Å²) >= 11 is 5.82. The lowest BCUT2D eigenvalue weighted by Crippen LogP contribution is -2.01. The van der Waals surface area contributed by atoms with Gasteiger partial charge in [-0.2, -0.15) is 0 Å². The lowest BCUT2D eigenvalue weighted by molar-refractivity contribution is 0.0600. The average molecular weight is 211 g/mol. The van der Waals surface area contributed by atoms with Crippen LogP contribution in [0.1, 0.15) is 10.4 Å². The fraction of sp³-hybridized carbons (Fsp3) is 0.111. The van der Waals surface area contributed by atoms with E-state index in [0.29, 0.717) is 16.4 Å². The SMILES string of the molecule is COC(=O)c1ccn2c(Cl)cnc2c1. The van der Waals surface area contributed by atoms with Crippen LogP contribution < -0.4 is 0 Å². The van der Waals surface area contributed by atoms with E-state index in [4.69, 9.17) is 11.6 Å². The summed E-state index contributed by atoms with van der Waals surface area (Å²) in [6, 6.07) is 3.25. The van der Waals surface area contributed by atoms with Gasteiger partial charge in [-0.3, -0.25) is 4.40 Å². The number of fused-ring (bicyclic) bond motifs is 1. The number of nitrogens with zero attached hydrogens (tertiary/aromatic N) is 2. The highest BCUT2D eigenvalue weighted by Crippen LogP contribution is 2.13. The summed E-state index contributed by atoms with van der Waals surface area (Å²) < 4.78 is 6.26. The number of pyridine rings is 1. The van der Waals surface area contributed by atoms with E-state index in [9.17, 15) is 4.79 Å². The highest BCUT2D eigenvalue weighted by Gasteiger charge is 2.07. The fourth-order valence-electron chi connectivity index (χ4n) is 1.19. The quantitative estimate of drug-likeness (QED) is 0.674. The van der Waals surface area contributed by atoms with Crippen LogP contribution in [0.5, 0.6) is 0 Å². The summed E-state index contributed by atoms with van der Waals surface area (Å²) in [5, 5.41) is 0.511. The molecular formula is C9H7ClN2O2. The summed E-state index contributed by atoms with van der Waals surface area (Å²) in [5.74, 6) is -0.383. The Balaban J connectivity index is 2.57. The number of rotatable bonds is 1. The first-order chi connectivity index (χ1) is 6.72. The number of esters is 1. The summed E-state index contributed by atoms with van der Waals surface area (Å²) in [6.07, 6.45) is 3.20. The van der Waals surface area contributed by atoms with Gasteiger partial charge in [0.05, 0.1) is 18.9 Å². The Bertz CT molecular complexity index is 493. The van der Waals surface area contributed by atoms with Crippen LogP contribution in [-0.2, 0) is 4.74 Å². The molecule has 0 aliphatic rings. The van der Waals surface area contributed by atoms with Crippen molar-refractivity contribution in [2.45, 2.75) is 0 Å². The molecule has 0 aromatic carbocycles. The third-order valence-corrected chi connectivity index (χ3v) is 2.17. The summed E-state index contributed by atoms with van der Waals surface area (Å²) in [4.78, 5) is 15.2. The van der Waals surface area contributed by atoms with E-state index in [0.717, 1.165) is 0 Å². The number of carbonyl (C=O) groups is 1. The van der Waals surface area contributed by atoms with Gasteiger partial charge in [0, 0.05) is 6.20 Å². The van der Waals surface area contributed by atoms with Gasteiger partial charge in [-0.25, -0.2) is 9.78 Å². The Morgan fingerprint density at radius 1 is 1.64 bits per heavy atom. The number of aromatic nitrogens is 2. The molecule has 0 saturated carbocycles. The highest BCUT2D eigenvalue weighted by molar-refractivity contribution is 6.29. The number of ether oxygens (including phenoxy) is 1. The first-order valence-corrected chi connectivity index (χ1v) is 4.31. The van der Waals surface area contributed by atoms with Gasteiger partial charge >= 0.3 is 5.97 Å².